The first kappa shape index (κ1) is 26.4. The molecule has 0 radical (unpaired) electrons. The summed E-state index contributed by atoms with van der Waals surface area (Å²) in [6.07, 6.45) is 4.25. The molecule has 1 unspecified atom stereocenters. The van der Waals surface area contributed by atoms with Crippen LogP contribution in [0.15, 0.2) is 69.9 Å². The third-order valence-electron chi connectivity index (χ3n) is 6.95. The van der Waals surface area contributed by atoms with Crippen LogP contribution in [0.3, 0.4) is 0 Å². The fourth-order valence-electron chi connectivity index (χ4n) is 4.97. The molecular formula is C31H29F2NO5. The average Bonchev–Trinajstić information content (AvgIpc) is 3.21. The minimum atomic E-state index is -0.839. The second-order valence-electron chi connectivity index (χ2n) is 9.60. The molecule has 1 aliphatic rings. The van der Waals surface area contributed by atoms with Gasteiger partial charge in [-0.3, -0.25) is 9.59 Å². The molecule has 0 fully saturated rings. The summed E-state index contributed by atoms with van der Waals surface area (Å²) in [7, 11) is 1.53. The lowest BCUT2D eigenvalue weighted by atomic mass is 9.97. The maximum absolute atomic E-state index is 14.1. The van der Waals surface area contributed by atoms with Gasteiger partial charge in [0.2, 0.25) is 5.76 Å². The van der Waals surface area contributed by atoms with Crippen molar-refractivity contribution in [2.24, 2.45) is 0 Å². The van der Waals surface area contributed by atoms with E-state index < -0.39 is 29.0 Å². The van der Waals surface area contributed by atoms with Crippen LogP contribution >= 0.6 is 0 Å². The second kappa shape index (κ2) is 11.3. The van der Waals surface area contributed by atoms with Gasteiger partial charge in [0.05, 0.1) is 30.7 Å². The van der Waals surface area contributed by atoms with Gasteiger partial charge in [0, 0.05) is 6.54 Å². The summed E-state index contributed by atoms with van der Waals surface area (Å²) in [5.41, 5.74) is 1.03. The predicted octanol–water partition coefficient (Wildman–Crippen LogP) is 6.78. The molecule has 1 aliphatic heterocycles. The summed E-state index contributed by atoms with van der Waals surface area (Å²) >= 11 is 0. The highest BCUT2D eigenvalue weighted by Gasteiger charge is 2.43. The van der Waals surface area contributed by atoms with Gasteiger partial charge in [-0.25, -0.2) is 8.78 Å². The molecule has 4 aromatic rings. The monoisotopic (exact) mass is 533 g/mol. The molecule has 0 N–H and O–H groups in total. The fraction of sp³-hybridized carbons (Fsp3) is 0.290. The first-order valence-electron chi connectivity index (χ1n) is 13.0. The lowest BCUT2D eigenvalue weighted by Crippen LogP contribution is -2.29. The van der Waals surface area contributed by atoms with Crippen molar-refractivity contribution in [2.75, 3.05) is 13.7 Å². The fourth-order valence-corrected chi connectivity index (χ4v) is 4.97. The number of unbranched alkanes of at least 4 members (excludes halogenated alkanes) is 3. The molecule has 0 spiro atoms. The maximum atomic E-state index is 14.1. The lowest BCUT2D eigenvalue weighted by Gasteiger charge is -2.26. The molecule has 1 aromatic heterocycles. The van der Waals surface area contributed by atoms with Crippen molar-refractivity contribution in [1.29, 1.82) is 0 Å². The summed E-state index contributed by atoms with van der Waals surface area (Å²) in [4.78, 5) is 28.8. The predicted molar refractivity (Wildman–Crippen MR) is 143 cm³/mol. The Hall–Kier alpha value is -4.20. The van der Waals surface area contributed by atoms with E-state index >= 15 is 0 Å². The van der Waals surface area contributed by atoms with E-state index in [0.717, 1.165) is 31.7 Å². The molecule has 1 amide bonds. The number of ether oxygens (including phenoxy) is 2. The summed E-state index contributed by atoms with van der Waals surface area (Å²) in [6.45, 7) is 2.78. The van der Waals surface area contributed by atoms with Gasteiger partial charge in [-0.1, -0.05) is 44.4 Å². The van der Waals surface area contributed by atoms with Gasteiger partial charge in [0.25, 0.3) is 5.91 Å². The maximum Gasteiger partial charge on any atom is 0.291 e. The molecule has 0 aliphatic carbocycles. The Balaban J connectivity index is 1.58. The van der Waals surface area contributed by atoms with Crippen LogP contribution in [0.1, 0.15) is 65.9 Å². The van der Waals surface area contributed by atoms with Crippen LogP contribution in [0.25, 0.3) is 11.0 Å². The number of carbonyl (C=O) groups is 1. The summed E-state index contributed by atoms with van der Waals surface area (Å²) in [5.74, 6) is -0.548. The highest BCUT2D eigenvalue weighted by molar-refractivity contribution is 5.99. The van der Waals surface area contributed by atoms with Gasteiger partial charge in [-0.2, -0.15) is 0 Å². The molecule has 1 atom stereocenters. The molecule has 0 saturated heterocycles. The molecule has 0 bridgehead atoms. The minimum absolute atomic E-state index is 0.0502. The standard InChI is InChI=1S/C31H29F2NO5/c1-3-4-5-6-15-38-25-13-9-20(16-26(25)37-2)28-27-29(35)23-17-22(33)12-14-24(23)39-30(27)31(36)34(28)18-19-7-10-21(32)11-8-19/h7-14,16-17,28H,3-6,15,18H2,1-2H3. The highest BCUT2D eigenvalue weighted by atomic mass is 19.1. The Morgan fingerprint density at radius 1 is 0.897 bits per heavy atom. The van der Waals surface area contributed by atoms with Gasteiger partial charge in [0.15, 0.2) is 16.9 Å². The van der Waals surface area contributed by atoms with E-state index in [-0.39, 0.29) is 28.8 Å². The SMILES string of the molecule is CCCCCCOc1ccc(C2c3c(oc4ccc(F)cc4c3=O)C(=O)N2Cc2ccc(F)cc2)cc1OC. The molecule has 6 nitrogen and oxygen atoms in total. The molecule has 3 aromatic carbocycles. The van der Waals surface area contributed by atoms with Crippen molar-refractivity contribution < 1.29 is 27.5 Å². The highest BCUT2D eigenvalue weighted by Crippen LogP contribution is 2.41. The zero-order chi connectivity index (χ0) is 27.5. The Kier molecular flexibility index (Phi) is 7.63. The molecule has 202 valence electrons. The smallest absolute Gasteiger partial charge is 0.291 e. The lowest BCUT2D eigenvalue weighted by molar-refractivity contribution is 0.0714. The van der Waals surface area contributed by atoms with Crippen LogP contribution in [-0.2, 0) is 6.54 Å². The third kappa shape index (κ3) is 5.24. The molecule has 0 saturated carbocycles. The van der Waals surface area contributed by atoms with Crippen LogP contribution in [0.2, 0.25) is 0 Å². The molecule has 8 heteroatoms. The van der Waals surface area contributed by atoms with Crippen LogP contribution in [-0.4, -0.2) is 24.5 Å². The quantitative estimate of drug-likeness (QED) is 0.210. The molecular weight excluding hydrogens is 504 g/mol. The number of hydrogen-bond acceptors (Lipinski definition) is 5. The zero-order valence-corrected chi connectivity index (χ0v) is 21.8. The zero-order valence-electron chi connectivity index (χ0n) is 21.8. The van der Waals surface area contributed by atoms with Crippen molar-refractivity contribution in [3.8, 4) is 11.5 Å². The third-order valence-corrected chi connectivity index (χ3v) is 6.95. The van der Waals surface area contributed by atoms with E-state index in [1.54, 1.807) is 30.3 Å². The van der Waals surface area contributed by atoms with E-state index in [1.807, 2.05) is 0 Å². The second-order valence-corrected chi connectivity index (χ2v) is 9.60. The van der Waals surface area contributed by atoms with Crippen LogP contribution in [0.4, 0.5) is 8.78 Å². The first-order chi connectivity index (χ1) is 18.9. The first-order valence-corrected chi connectivity index (χ1v) is 13.0. The number of nitrogens with zero attached hydrogens (tertiary/aromatic N) is 1. The number of rotatable bonds is 10. The van der Waals surface area contributed by atoms with Gasteiger partial charge in [0.1, 0.15) is 17.2 Å². The molecule has 2 heterocycles. The topological polar surface area (TPSA) is 69.0 Å². The van der Waals surface area contributed by atoms with E-state index in [0.29, 0.717) is 29.2 Å². The number of amides is 1. The van der Waals surface area contributed by atoms with Gasteiger partial charge in [-0.05, 0) is 60.0 Å². The Morgan fingerprint density at radius 3 is 2.41 bits per heavy atom. The van der Waals surface area contributed by atoms with Crippen molar-refractivity contribution in [3.05, 3.63) is 105 Å². The molecule has 39 heavy (non-hydrogen) atoms. The minimum Gasteiger partial charge on any atom is -0.493 e. The van der Waals surface area contributed by atoms with Crippen LogP contribution in [0.5, 0.6) is 11.5 Å². The van der Waals surface area contributed by atoms with Crippen LogP contribution in [0, 0.1) is 11.6 Å². The average molecular weight is 534 g/mol. The summed E-state index contributed by atoms with van der Waals surface area (Å²) in [5, 5.41) is 0.0502. The van der Waals surface area contributed by atoms with Crippen molar-refractivity contribution >= 4 is 16.9 Å². The number of carbonyl (C=O) groups excluding carboxylic acids is 1. The van der Waals surface area contributed by atoms with E-state index in [2.05, 4.69) is 6.92 Å². The number of halogens is 2. The summed E-state index contributed by atoms with van der Waals surface area (Å²) < 4.78 is 45.0. The Labute approximate surface area is 224 Å². The van der Waals surface area contributed by atoms with Gasteiger partial charge >= 0.3 is 0 Å². The van der Waals surface area contributed by atoms with Crippen molar-refractivity contribution in [2.45, 2.75) is 45.2 Å². The van der Waals surface area contributed by atoms with E-state index in [9.17, 15) is 18.4 Å². The number of fused-ring (bicyclic) bond motifs is 2. The van der Waals surface area contributed by atoms with Crippen LogP contribution < -0.4 is 14.9 Å². The normalized spacial score (nSPS) is 14.6. The van der Waals surface area contributed by atoms with Gasteiger partial charge < -0.3 is 18.8 Å². The number of benzene rings is 3. The number of hydrogen-bond donors (Lipinski definition) is 0. The Bertz CT molecular complexity index is 1560. The van der Waals surface area contributed by atoms with E-state index in [4.69, 9.17) is 13.9 Å². The van der Waals surface area contributed by atoms with Crippen molar-refractivity contribution in [3.63, 3.8) is 0 Å². The van der Waals surface area contributed by atoms with E-state index in [1.165, 1.54) is 36.3 Å². The van der Waals surface area contributed by atoms with Crippen molar-refractivity contribution in [1.82, 2.24) is 4.90 Å². The Morgan fingerprint density at radius 2 is 1.67 bits per heavy atom. The number of methoxy groups -OCH3 is 1. The largest absolute Gasteiger partial charge is 0.493 e. The molecule has 5 rings (SSSR count). The van der Waals surface area contributed by atoms with Gasteiger partial charge in [-0.15, -0.1) is 0 Å². The summed E-state index contributed by atoms with van der Waals surface area (Å²) in [6, 6.07) is 13.9.